The van der Waals surface area contributed by atoms with Crippen LogP contribution in [0.1, 0.15) is 96.6 Å². The number of esters is 1. The van der Waals surface area contributed by atoms with Crippen LogP contribution in [0.4, 0.5) is 10.5 Å². The molecule has 0 spiro atoms. The number of anilines is 1. The zero-order valence-corrected chi connectivity index (χ0v) is 22.2. The molecule has 0 radical (unpaired) electrons. The average Bonchev–Trinajstić information content (AvgIpc) is 3.00. The summed E-state index contributed by atoms with van der Waals surface area (Å²) >= 11 is 0. The Hall–Kier alpha value is -3.09. The van der Waals surface area contributed by atoms with Crippen molar-refractivity contribution in [3.05, 3.63) is 51.8 Å². The molecule has 2 rings (SSSR count). The Labute approximate surface area is 203 Å². The minimum absolute atomic E-state index is 0.222. The molecule has 0 aliphatic carbocycles. The fourth-order valence-electron chi connectivity index (χ4n) is 4.28. The van der Waals surface area contributed by atoms with Crippen molar-refractivity contribution in [1.29, 1.82) is 0 Å². The van der Waals surface area contributed by atoms with E-state index in [0.717, 1.165) is 16.8 Å². The third-order valence-corrected chi connectivity index (χ3v) is 6.53. The smallest absolute Gasteiger partial charge is 0.355 e. The Balaban J connectivity index is 2.37. The number of rotatable bonds is 8. The van der Waals surface area contributed by atoms with Crippen molar-refractivity contribution in [3.8, 4) is 0 Å². The van der Waals surface area contributed by atoms with Crippen LogP contribution in [0.3, 0.4) is 0 Å². The predicted octanol–water partition coefficient (Wildman–Crippen LogP) is 5.80. The van der Waals surface area contributed by atoms with Crippen molar-refractivity contribution >= 4 is 23.5 Å². The van der Waals surface area contributed by atoms with Crippen molar-refractivity contribution in [2.75, 3.05) is 19.0 Å². The number of hydrogen-bond donors (Lipinski definition) is 1. The van der Waals surface area contributed by atoms with Gasteiger partial charge in [-0.15, -0.1) is 0 Å². The molecule has 0 saturated heterocycles. The van der Waals surface area contributed by atoms with Gasteiger partial charge in [-0.1, -0.05) is 45.9 Å². The van der Waals surface area contributed by atoms with Crippen molar-refractivity contribution in [2.24, 2.45) is 7.05 Å². The number of urea groups is 1. The van der Waals surface area contributed by atoms with Gasteiger partial charge in [0.25, 0.3) is 0 Å². The first kappa shape index (κ1) is 27.2. The summed E-state index contributed by atoms with van der Waals surface area (Å²) in [6, 6.07) is 4.97. The summed E-state index contributed by atoms with van der Waals surface area (Å²) in [7, 11) is 3.35. The highest BCUT2D eigenvalue weighted by molar-refractivity contribution is 6.07. The molecule has 1 N–H and O–H groups in total. The molecule has 7 heteroatoms. The van der Waals surface area contributed by atoms with E-state index >= 15 is 0 Å². The second kappa shape index (κ2) is 10.9. The number of hydrogen-bond acceptors (Lipinski definition) is 4. The standard InChI is InChI=1S/C27H39N3O4/c1-11-34-26(32)24-17(6)22(18(7)29(24)9)25(31)19(8)30(10)27(33)28-23-20(15(2)3)13-12-14-21(23)16(4)5/h12-16,19H,11H2,1-10H3,(H,28,33). The summed E-state index contributed by atoms with van der Waals surface area (Å²) in [5, 5.41) is 3.07. The molecule has 0 fully saturated rings. The van der Waals surface area contributed by atoms with Gasteiger partial charge in [-0.25, -0.2) is 9.59 Å². The van der Waals surface area contributed by atoms with E-state index < -0.39 is 12.0 Å². The number of aromatic nitrogens is 1. The molecule has 2 aromatic rings. The van der Waals surface area contributed by atoms with Crippen LogP contribution in [-0.4, -0.2) is 46.9 Å². The largest absolute Gasteiger partial charge is 0.461 e. The minimum atomic E-state index is -0.733. The molecule has 1 heterocycles. The van der Waals surface area contributed by atoms with Gasteiger partial charge in [0.1, 0.15) is 5.69 Å². The van der Waals surface area contributed by atoms with Crippen LogP contribution in [0.5, 0.6) is 0 Å². The van der Waals surface area contributed by atoms with Crippen molar-refractivity contribution < 1.29 is 19.1 Å². The van der Waals surface area contributed by atoms with Crippen LogP contribution in [-0.2, 0) is 11.8 Å². The van der Waals surface area contributed by atoms with E-state index in [1.165, 1.54) is 4.90 Å². The van der Waals surface area contributed by atoms with E-state index in [9.17, 15) is 14.4 Å². The Morgan fingerprint density at radius 2 is 1.56 bits per heavy atom. The molecule has 2 amide bonds. The number of amides is 2. The number of nitrogens with one attached hydrogen (secondary N) is 1. The molecule has 1 aromatic carbocycles. The quantitative estimate of drug-likeness (QED) is 0.391. The van der Waals surface area contributed by atoms with E-state index in [1.807, 2.05) is 18.2 Å². The fourth-order valence-corrected chi connectivity index (χ4v) is 4.28. The molecule has 186 valence electrons. The number of benzene rings is 1. The molecular weight excluding hydrogens is 430 g/mol. The van der Waals surface area contributed by atoms with Gasteiger partial charge in [0.15, 0.2) is 5.78 Å². The van der Waals surface area contributed by atoms with Gasteiger partial charge < -0.3 is 19.5 Å². The monoisotopic (exact) mass is 469 g/mol. The van der Waals surface area contributed by atoms with E-state index in [2.05, 4.69) is 33.0 Å². The first-order chi connectivity index (χ1) is 15.8. The molecule has 0 aliphatic heterocycles. The van der Waals surface area contributed by atoms with Gasteiger partial charge in [0, 0.05) is 31.0 Å². The predicted molar refractivity (Wildman–Crippen MR) is 136 cm³/mol. The second-order valence-corrected chi connectivity index (χ2v) is 9.42. The van der Waals surface area contributed by atoms with Crippen LogP contribution in [0.15, 0.2) is 18.2 Å². The van der Waals surface area contributed by atoms with Crippen LogP contribution in [0, 0.1) is 13.8 Å². The van der Waals surface area contributed by atoms with Crippen molar-refractivity contribution in [1.82, 2.24) is 9.47 Å². The summed E-state index contributed by atoms with van der Waals surface area (Å²) in [5.41, 5.74) is 4.95. The molecule has 0 aliphatic rings. The Kier molecular flexibility index (Phi) is 8.70. The summed E-state index contributed by atoms with van der Waals surface area (Å²) < 4.78 is 6.85. The SMILES string of the molecule is CCOC(=O)c1c(C)c(C(=O)C(C)N(C)C(=O)Nc2c(C(C)C)cccc2C(C)C)c(C)n1C. The lowest BCUT2D eigenvalue weighted by molar-refractivity contribution is 0.0514. The maximum absolute atomic E-state index is 13.5. The van der Waals surface area contributed by atoms with E-state index in [4.69, 9.17) is 4.74 Å². The van der Waals surface area contributed by atoms with Gasteiger partial charge in [-0.05, 0) is 56.2 Å². The third kappa shape index (κ3) is 5.18. The number of carbonyl (C=O) groups is 3. The molecule has 0 saturated carbocycles. The lowest BCUT2D eigenvalue weighted by Crippen LogP contribution is -2.43. The number of ketones is 1. The molecule has 7 nitrogen and oxygen atoms in total. The highest BCUT2D eigenvalue weighted by atomic mass is 16.5. The highest BCUT2D eigenvalue weighted by Crippen LogP contribution is 2.33. The maximum Gasteiger partial charge on any atom is 0.355 e. The molecule has 1 aromatic heterocycles. The number of ether oxygens (including phenoxy) is 1. The van der Waals surface area contributed by atoms with Gasteiger partial charge in [0.2, 0.25) is 0 Å². The first-order valence-corrected chi connectivity index (χ1v) is 11.9. The fraction of sp³-hybridized carbons (Fsp3) is 0.519. The van der Waals surface area contributed by atoms with Crippen LogP contribution < -0.4 is 5.32 Å². The lowest BCUT2D eigenvalue weighted by Gasteiger charge is -2.27. The molecular formula is C27H39N3O4. The van der Waals surface area contributed by atoms with Gasteiger partial charge >= 0.3 is 12.0 Å². The minimum Gasteiger partial charge on any atom is -0.461 e. The van der Waals surface area contributed by atoms with Crippen LogP contribution in [0.2, 0.25) is 0 Å². The summed E-state index contributed by atoms with van der Waals surface area (Å²) in [5.74, 6) is -0.224. The lowest BCUT2D eigenvalue weighted by atomic mass is 9.92. The highest BCUT2D eigenvalue weighted by Gasteiger charge is 2.31. The maximum atomic E-state index is 13.5. The third-order valence-electron chi connectivity index (χ3n) is 6.53. The number of likely N-dealkylation sites (N-methyl/N-ethyl adjacent to an activating group) is 1. The first-order valence-electron chi connectivity index (χ1n) is 11.9. The summed E-state index contributed by atoms with van der Waals surface area (Å²) in [6.07, 6.45) is 0. The zero-order chi connectivity index (χ0) is 25.9. The number of para-hydroxylation sites is 1. The van der Waals surface area contributed by atoms with Crippen molar-refractivity contribution in [2.45, 2.75) is 73.3 Å². The molecule has 34 heavy (non-hydrogen) atoms. The molecule has 1 atom stereocenters. The molecule has 0 bridgehead atoms. The molecule has 1 unspecified atom stereocenters. The van der Waals surface area contributed by atoms with Gasteiger partial charge in [-0.3, -0.25) is 4.79 Å². The summed E-state index contributed by atoms with van der Waals surface area (Å²) in [4.78, 5) is 40.6. The van der Waals surface area contributed by atoms with Crippen LogP contribution >= 0.6 is 0 Å². The van der Waals surface area contributed by atoms with Crippen LogP contribution in [0.25, 0.3) is 0 Å². The summed E-state index contributed by atoms with van der Waals surface area (Å²) in [6.45, 7) is 15.6. The van der Waals surface area contributed by atoms with E-state index in [1.54, 1.807) is 46.4 Å². The van der Waals surface area contributed by atoms with Gasteiger partial charge in [-0.2, -0.15) is 0 Å². The normalized spacial score (nSPS) is 12.1. The Morgan fingerprint density at radius 3 is 2.03 bits per heavy atom. The van der Waals surface area contributed by atoms with E-state index in [0.29, 0.717) is 22.5 Å². The number of Topliss-reactive ketones (excluding diaryl/α,β-unsaturated/α-hetero) is 1. The topological polar surface area (TPSA) is 80.6 Å². The Morgan fingerprint density at radius 1 is 1.03 bits per heavy atom. The Bertz CT molecular complexity index is 1060. The number of carbonyl (C=O) groups excluding carboxylic acids is 3. The average molecular weight is 470 g/mol. The van der Waals surface area contributed by atoms with E-state index in [-0.39, 0.29) is 30.3 Å². The zero-order valence-electron chi connectivity index (χ0n) is 22.2. The number of nitrogens with zero attached hydrogens (tertiary/aromatic N) is 2. The second-order valence-electron chi connectivity index (χ2n) is 9.42. The van der Waals surface area contributed by atoms with Gasteiger partial charge in [0.05, 0.1) is 12.6 Å². The van der Waals surface area contributed by atoms with Crippen molar-refractivity contribution in [3.63, 3.8) is 0 Å².